The van der Waals surface area contributed by atoms with Crippen LogP contribution >= 0.6 is 0 Å². The Kier molecular flexibility index (Phi) is 6.90. The molecule has 0 radical (unpaired) electrons. The highest BCUT2D eigenvalue weighted by atomic mass is 16.5. The summed E-state index contributed by atoms with van der Waals surface area (Å²) in [6.45, 7) is 6.88. The molecule has 1 aromatic rings. The van der Waals surface area contributed by atoms with Gasteiger partial charge in [0.2, 0.25) is 5.91 Å². The van der Waals surface area contributed by atoms with Crippen LogP contribution in [0.1, 0.15) is 38.7 Å². The number of benzene rings is 1. The van der Waals surface area contributed by atoms with Crippen LogP contribution < -0.4 is 10.1 Å². The van der Waals surface area contributed by atoms with E-state index in [1.54, 1.807) is 0 Å². The quantitative estimate of drug-likeness (QED) is 0.786. The molecule has 2 rings (SSSR count). The molecule has 0 aliphatic carbocycles. The van der Waals surface area contributed by atoms with Crippen molar-refractivity contribution < 1.29 is 9.53 Å². The zero-order chi connectivity index (χ0) is 16.7. The highest BCUT2D eigenvalue weighted by Gasteiger charge is 2.22. The van der Waals surface area contributed by atoms with Crippen LogP contribution in [0, 0.1) is 5.92 Å². The molecule has 1 N–H and O–H groups in total. The Balaban J connectivity index is 1.64. The summed E-state index contributed by atoms with van der Waals surface area (Å²) in [5.41, 5.74) is 1.29. The first kappa shape index (κ1) is 17.8. The number of nitrogens with one attached hydrogen (secondary N) is 1. The number of ether oxygens (including phenoxy) is 1. The van der Waals surface area contributed by atoms with Crippen molar-refractivity contribution in [3.05, 3.63) is 29.8 Å². The molecule has 0 aromatic heterocycles. The molecule has 1 fully saturated rings. The van der Waals surface area contributed by atoms with E-state index in [1.807, 2.05) is 26.0 Å². The number of piperidine rings is 1. The smallest absolute Gasteiger partial charge is 0.223 e. The predicted molar refractivity (Wildman–Crippen MR) is 93.8 cm³/mol. The number of rotatable bonds is 7. The molecule has 4 heteroatoms. The van der Waals surface area contributed by atoms with E-state index in [2.05, 4.69) is 29.4 Å². The second-order valence-electron chi connectivity index (χ2n) is 6.78. The SMILES string of the molecule is CC(C)Oc1ccc(CCCNC(=O)C2CCN(C)CC2)cc1. The minimum atomic E-state index is 0.204. The van der Waals surface area contributed by atoms with E-state index < -0.39 is 0 Å². The van der Waals surface area contributed by atoms with E-state index in [1.165, 1.54) is 5.56 Å². The van der Waals surface area contributed by atoms with Crippen LogP contribution in [-0.2, 0) is 11.2 Å². The van der Waals surface area contributed by atoms with Gasteiger partial charge < -0.3 is 15.0 Å². The summed E-state index contributed by atoms with van der Waals surface area (Å²) in [6, 6.07) is 8.26. The summed E-state index contributed by atoms with van der Waals surface area (Å²) in [6.07, 6.45) is 4.13. The summed E-state index contributed by atoms with van der Waals surface area (Å²) < 4.78 is 5.64. The molecule has 4 nitrogen and oxygen atoms in total. The normalized spacial score (nSPS) is 16.5. The molecule has 23 heavy (non-hydrogen) atoms. The lowest BCUT2D eigenvalue weighted by Crippen LogP contribution is -2.39. The van der Waals surface area contributed by atoms with Crippen LogP contribution in [0.25, 0.3) is 0 Å². The van der Waals surface area contributed by atoms with Crippen LogP contribution in [0.2, 0.25) is 0 Å². The maximum Gasteiger partial charge on any atom is 0.223 e. The molecule has 1 aliphatic rings. The minimum Gasteiger partial charge on any atom is -0.491 e. The van der Waals surface area contributed by atoms with Crippen molar-refractivity contribution in [1.29, 1.82) is 0 Å². The molecule has 1 amide bonds. The fourth-order valence-corrected chi connectivity index (χ4v) is 2.93. The molecule has 0 saturated carbocycles. The monoisotopic (exact) mass is 318 g/mol. The zero-order valence-corrected chi connectivity index (χ0v) is 14.7. The summed E-state index contributed by atoms with van der Waals surface area (Å²) in [7, 11) is 2.12. The third-order valence-corrected chi connectivity index (χ3v) is 4.33. The second-order valence-corrected chi connectivity index (χ2v) is 6.78. The molecular formula is C19H30N2O2. The van der Waals surface area contributed by atoms with Gasteiger partial charge in [-0.05, 0) is 77.4 Å². The number of nitrogens with zero attached hydrogens (tertiary/aromatic N) is 1. The van der Waals surface area contributed by atoms with Crippen LogP contribution in [-0.4, -0.2) is 43.6 Å². The van der Waals surface area contributed by atoms with Crippen molar-refractivity contribution in [2.45, 2.75) is 45.6 Å². The zero-order valence-electron chi connectivity index (χ0n) is 14.7. The van der Waals surface area contributed by atoms with Crippen LogP contribution in [0.4, 0.5) is 0 Å². The first-order chi connectivity index (χ1) is 11.0. The van der Waals surface area contributed by atoms with Gasteiger partial charge in [0.05, 0.1) is 6.10 Å². The number of aryl methyl sites for hydroxylation is 1. The largest absolute Gasteiger partial charge is 0.491 e. The number of likely N-dealkylation sites (tertiary alicyclic amines) is 1. The molecule has 1 aromatic carbocycles. The van der Waals surface area contributed by atoms with E-state index in [-0.39, 0.29) is 17.9 Å². The van der Waals surface area contributed by atoms with E-state index in [0.717, 1.165) is 51.1 Å². The molecule has 0 atom stereocenters. The maximum absolute atomic E-state index is 12.1. The Labute approximate surface area is 140 Å². The highest BCUT2D eigenvalue weighted by molar-refractivity contribution is 5.78. The van der Waals surface area contributed by atoms with E-state index in [0.29, 0.717) is 0 Å². The summed E-state index contributed by atoms with van der Waals surface area (Å²) in [4.78, 5) is 14.4. The number of carbonyl (C=O) groups is 1. The molecule has 0 unspecified atom stereocenters. The number of amides is 1. The van der Waals surface area contributed by atoms with E-state index in [9.17, 15) is 4.79 Å². The number of carbonyl (C=O) groups excluding carboxylic acids is 1. The van der Waals surface area contributed by atoms with Gasteiger partial charge in [-0.1, -0.05) is 12.1 Å². The standard InChI is InChI=1S/C19H30N2O2/c1-15(2)23-18-8-6-16(7-9-18)5-4-12-20-19(22)17-10-13-21(3)14-11-17/h6-9,15,17H,4-5,10-14H2,1-3H3,(H,20,22). The van der Waals surface area contributed by atoms with Gasteiger partial charge >= 0.3 is 0 Å². The van der Waals surface area contributed by atoms with Crippen molar-refractivity contribution >= 4 is 5.91 Å². The molecule has 1 saturated heterocycles. The molecule has 128 valence electrons. The molecule has 1 heterocycles. The van der Waals surface area contributed by atoms with Gasteiger partial charge in [0, 0.05) is 12.5 Å². The highest BCUT2D eigenvalue weighted by Crippen LogP contribution is 2.16. The lowest BCUT2D eigenvalue weighted by Gasteiger charge is -2.28. The summed E-state index contributed by atoms with van der Waals surface area (Å²) in [5, 5.41) is 3.09. The van der Waals surface area contributed by atoms with Crippen LogP contribution in [0.3, 0.4) is 0 Å². The topological polar surface area (TPSA) is 41.6 Å². The molecule has 0 spiro atoms. The third kappa shape index (κ3) is 6.22. The Hall–Kier alpha value is -1.55. The van der Waals surface area contributed by atoms with Gasteiger partial charge in [0.1, 0.15) is 5.75 Å². The Bertz CT molecular complexity index is 477. The number of hydrogen-bond donors (Lipinski definition) is 1. The van der Waals surface area contributed by atoms with E-state index >= 15 is 0 Å². The summed E-state index contributed by atoms with van der Waals surface area (Å²) >= 11 is 0. The van der Waals surface area contributed by atoms with Gasteiger partial charge in [-0.25, -0.2) is 0 Å². The van der Waals surface area contributed by atoms with Gasteiger partial charge in [0.25, 0.3) is 0 Å². The first-order valence-electron chi connectivity index (χ1n) is 8.76. The van der Waals surface area contributed by atoms with Gasteiger partial charge in [-0.3, -0.25) is 4.79 Å². The van der Waals surface area contributed by atoms with Crippen molar-refractivity contribution in [3.63, 3.8) is 0 Å². The Morgan fingerprint density at radius 2 is 1.91 bits per heavy atom. The van der Waals surface area contributed by atoms with Crippen molar-refractivity contribution in [1.82, 2.24) is 10.2 Å². The van der Waals surface area contributed by atoms with Gasteiger partial charge in [-0.2, -0.15) is 0 Å². The van der Waals surface area contributed by atoms with E-state index in [4.69, 9.17) is 4.74 Å². The minimum absolute atomic E-state index is 0.204. The van der Waals surface area contributed by atoms with Gasteiger partial charge in [0.15, 0.2) is 0 Å². The lowest BCUT2D eigenvalue weighted by molar-refractivity contribution is -0.126. The fraction of sp³-hybridized carbons (Fsp3) is 0.632. The molecular weight excluding hydrogens is 288 g/mol. The van der Waals surface area contributed by atoms with Crippen molar-refractivity contribution in [3.8, 4) is 5.75 Å². The van der Waals surface area contributed by atoms with Crippen LogP contribution in [0.5, 0.6) is 5.75 Å². The lowest BCUT2D eigenvalue weighted by atomic mass is 9.96. The van der Waals surface area contributed by atoms with Crippen LogP contribution in [0.15, 0.2) is 24.3 Å². The summed E-state index contributed by atoms with van der Waals surface area (Å²) in [5.74, 6) is 1.36. The van der Waals surface area contributed by atoms with Gasteiger partial charge in [-0.15, -0.1) is 0 Å². The maximum atomic E-state index is 12.1. The molecule has 0 bridgehead atoms. The Morgan fingerprint density at radius 1 is 1.26 bits per heavy atom. The fourth-order valence-electron chi connectivity index (χ4n) is 2.93. The van der Waals surface area contributed by atoms with Crippen molar-refractivity contribution in [2.24, 2.45) is 5.92 Å². The average molecular weight is 318 g/mol. The van der Waals surface area contributed by atoms with Crippen molar-refractivity contribution in [2.75, 3.05) is 26.7 Å². The number of hydrogen-bond acceptors (Lipinski definition) is 3. The Morgan fingerprint density at radius 3 is 2.52 bits per heavy atom. The second kappa shape index (κ2) is 8.92. The molecule has 1 aliphatic heterocycles. The first-order valence-corrected chi connectivity index (χ1v) is 8.76. The third-order valence-electron chi connectivity index (χ3n) is 4.33. The average Bonchev–Trinajstić information content (AvgIpc) is 2.53. The predicted octanol–water partition coefficient (Wildman–Crippen LogP) is 2.86.